The Morgan fingerprint density at radius 3 is 2.78 bits per heavy atom. The largest absolute Gasteiger partial charge is 0.468 e. The molecule has 124 valence electrons. The number of furan rings is 1. The zero-order valence-corrected chi connectivity index (χ0v) is 14.0. The van der Waals surface area contributed by atoms with Gasteiger partial charge in [0.25, 0.3) is 0 Å². The van der Waals surface area contributed by atoms with E-state index in [1.165, 1.54) is 19.3 Å². The molecule has 3 heterocycles. The Morgan fingerprint density at radius 2 is 2.09 bits per heavy atom. The van der Waals surface area contributed by atoms with E-state index in [0.717, 1.165) is 23.7 Å². The van der Waals surface area contributed by atoms with Gasteiger partial charge in [-0.05, 0) is 49.5 Å². The second-order valence-electron chi connectivity index (χ2n) is 5.77. The summed E-state index contributed by atoms with van der Waals surface area (Å²) >= 11 is 1.64. The van der Waals surface area contributed by atoms with Crippen molar-refractivity contribution in [2.24, 2.45) is 0 Å². The summed E-state index contributed by atoms with van der Waals surface area (Å²) in [6.45, 7) is 3.25. The minimum absolute atomic E-state index is 0.109. The van der Waals surface area contributed by atoms with Crippen molar-refractivity contribution in [1.82, 2.24) is 15.5 Å². The van der Waals surface area contributed by atoms with Crippen molar-refractivity contribution in [3.8, 4) is 0 Å². The fraction of sp³-hybridized carbons (Fsp3) is 0.471. The van der Waals surface area contributed by atoms with Gasteiger partial charge in [-0.25, -0.2) is 4.79 Å². The van der Waals surface area contributed by atoms with Crippen LogP contribution in [0.4, 0.5) is 4.79 Å². The zero-order chi connectivity index (χ0) is 15.9. The SMILES string of the molecule is O=C(NCc1cccs1)NCC(c1ccco1)N1CCCCC1. The van der Waals surface area contributed by atoms with E-state index in [0.29, 0.717) is 13.1 Å². The van der Waals surface area contributed by atoms with E-state index in [9.17, 15) is 4.79 Å². The molecule has 6 heteroatoms. The minimum atomic E-state index is -0.132. The van der Waals surface area contributed by atoms with E-state index in [2.05, 4.69) is 15.5 Å². The minimum Gasteiger partial charge on any atom is -0.468 e. The third kappa shape index (κ3) is 4.59. The van der Waals surface area contributed by atoms with Gasteiger partial charge in [0.05, 0.1) is 18.8 Å². The molecular weight excluding hydrogens is 310 g/mol. The molecule has 1 saturated heterocycles. The number of urea groups is 1. The molecule has 1 aliphatic heterocycles. The Balaban J connectivity index is 1.52. The van der Waals surface area contributed by atoms with Crippen molar-refractivity contribution in [3.63, 3.8) is 0 Å². The van der Waals surface area contributed by atoms with Gasteiger partial charge in [-0.2, -0.15) is 0 Å². The van der Waals surface area contributed by atoms with Gasteiger partial charge in [-0.3, -0.25) is 4.90 Å². The van der Waals surface area contributed by atoms with Gasteiger partial charge in [-0.1, -0.05) is 12.5 Å². The first-order chi connectivity index (χ1) is 11.3. The van der Waals surface area contributed by atoms with Gasteiger partial charge in [0.1, 0.15) is 5.76 Å². The molecule has 2 aromatic rings. The number of carbonyl (C=O) groups is 1. The quantitative estimate of drug-likeness (QED) is 0.852. The summed E-state index contributed by atoms with van der Waals surface area (Å²) in [4.78, 5) is 15.6. The molecule has 2 N–H and O–H groups in total. The third-order valence-corrected chi connectivity index (χ3v) is 5.04. The van der Waals surface area contributed by atoms with Crippen LogP contribution >= 0.6 is 11.3 Å². The van der Waals surface area contributed by atoms with Crippen LogP contribution in [0, 0.1) is 0 Å². The van der Waals surface area contributed by atoms with E-state index in [1.54, 1.807) is 17.6 Å². The average molecular weight is 333 g/mol. The molecule has 1 aliphatic rings. The Bertz CT molecular complexity index is 577. The van der Waals surface area contributed by atoms with Crippen LogP contribution in [0.2, 0.25) is 0 Å². The molecule has 2 amide bonds. The predicted molar refractivity (Wildman–Crippen MR) is 91.4 cm³/mol. The molecule has 0 aromatic carbocycles. The summed E-state index contributed by atoms with van der Waals surface area (Å²) in [5, 5.41) is 7.90. The predicted octanol–water partition coefficient (Wildman–Crippen LogP) is 3.37. The fourth-order valence-electron chi connectivity index (χ4n) is 2.95. The van der Waals surface area contributed by atoms with Crippen LogP contribution in [0.5, 0.6) is 0 Å². The molecular formula is C17H23N3O2S. The number of piperidine rings is 1. The van der Waals surface area contributed by atoms with Crippen molar-refractivity contribution in [2.75, 3.05) is 19.6 Å². The number of nitrogens with zero attached hydrogens (tertiary/aromatic N) is 1. The number of rotatable bonds is 6. The maximum atomic E-state index is 12.0. The number of carbonyl (C=O) groups excluding carboxylic acids is 1. The molecule has 5 nitrogen and oxygen atoms in total. The molecule has 1 unspecified atom stereocenters. The first-order valence-electron chi connectivity index (χ1n) is 8.14. The lowest BCUT2D eigenvalue weighted by atomic mass is 10.1. The van der Waals surface area contributed by atoms with Crippen LogP contribution in [-0.4, -0.2) is 30.6 Å². The summed E-state index contributed by atoms with van der Waals surface area (Å²) in [7, 11) is 0. The highest BCUT2D eigenvalue weighted by atomic mass is 32.1. The second kappa shape index (κ2) is 8.17. The summed E-state index contributed by atoms with van der Waals surface area (Å²) in [6, 6.07) is 7.88. The van der Waals surface area contributed by atoms with Crippen LogP contribution in [0.15, 0.2) is 40.3 Å². The van der Waals surface area contributed by atoms with Crippen molar-refractivity contribution in [3.05, 3.63) is 46.5 Å². The van der Waals surface area contributed by atoms with E-state index >= 15 is 0 Å². The lowest BCUT2D eigenvalue weighted by Gasteiger charge is -2.33. The van der Waals surface area contributed by atoms with Gasteiger partial charge < -0.3 is 15.1 Å². The maximum Gasteiger partial charge on any atom is 0.315 e. The van der Waals surface area contributed by atoms with Crippen LogP contribution < -0.4 is 10.6 Å². The van der Waals surface area contributed by atoms with Gasteiger partial charge in [0.15, 0.2) is 0 Å². The normalized spacial score (nSPS) is 16.9. The Labute approximate surface area is 140 Å². The molecule has 0 bridgehead atoms. The number of likely N-dealkylation sites (tertiary alicyclic amines) is 1. The van der Waals surface area contributed by atoms with Gasteiger partial charge in [0.2, 0.25) is 0 Å². The van der Waals surface area contributed by atoms with E-state index in [4.69, 9.17) is 4.42 Å². The Kier molecular flexibility index (Phi) is 5.71. The van der Waals surface area contributed by atoms with Crippen LogP contribution in [-0.2, 0) is 6.54 Å². The summed E-state index contributed by atoms with van der Waals surface area (Å²) in [5.74, 6) is 0.922. The van der Waals surface area contributed by atoms with E-state index in [-0.39, 0.29) is 12.1 Å². The van der Waals surface area contributed by atoms with E-state index < -0.39 is 0 Å². The summed E-state index contributed by atoms with van der Waals surface area (Å²) in [6.07, 6.45) is 5.41. The smallest absolute Gasteiger partial charge is 0.315 e. The lowest BCUT2D eigenvalue weighted by molar-refractivity contribution is 0.143. The number of hydrogen-bond donors (Lipinski definition) is 2. The zero-order valence-electron chi connectivity index (χ0n) is 13.2. The lowest BCUT2D eigenvalue weighted by Crippen LogP contribution is -2.43. The number of amides is 2. The van der Waals surface area contributed by atoms with Gasteiger partial charge in [0, 0.05) is 11.4 Å². The average Bonchev–Trinajstić information content (AvgIpc) is 3.28. The first-order valence-corrected chi connectivity index (χ1v) is 9.02. The van der Waals surface area contributed by atoms with Crippen molar-refractivity contribution < 1.29 is 9.21 Å². The number of hydrogen-bond acceptors (Lipinski definition) is 4. The van der Waals surface area contributed by atoms with Gasteiger partial charge in [-0.15, -0.1) is 11.3 Å². The van der Waals surface area contributed by atoms with Crippen molar-refractivity contribution in [1.29, 1.82) is 0 Å². The Morgan fingerprint density at radius 1 is 1.22 bits per heavy atom. The molecule has 0 spiro atoms. The van der Waals surface area contributed by atoms with Crippen LogP contribution in [0.25, 0.3) is 0 Å². The topological polar surface area (TPSA) is 57.5 Å². The maximum absolute atomic E-state index is 12.0. The highest BCUT2D eigenvalue weighted by Gasteiger charge is 2.24. The van der Waals surface area contributed by atoms with Crippen molar-refractivity contribution in [2.45, 2.75) is 31.8 Å². The van der Waals surface area contributed by atoms with Crippen LogP contribution in [0.1, 0.15) is 35.9 Å². The summed E-state index contributed by atoms with van der Waals surface area (Å²) < 4.78 is 5.59. The van der Waals surface area contributed by atoms with Crippen LogP contribution in [0.3, 0.4) is 0 Å². The molecule has 23 heavy (non-hydrogen) atoms. The van der Waals surface area contributed by atoms with E-state index in [1.807, 2.05) is 29.6 Å². The molecule has 0 radical (unpaired) electrons. The standard InChI is InChI=1S/C17H23N3O2S/c21-17(18-12-14-6-5-11-23-14)19-13-15(16-7-4-10-22-16)20-8-2-1-3-9-20/h4-7,10-11,15H,1-3,8-9,12-13H2,(H2,18,19,21). The molecule has 1 fully saturated rings. The summed E-state index contributed by atoms with van der Waals surface area (Å²) in [5.41, 5.74) is 0. The number of thiophene rings is 1. The molecule has 0 saturated carbocycles. The molecule has 1 atom stereocenters. The van der Waals surface area contributed by atoms with Gasteiger partial charge >= 0.3 is 6.03 Å². The van der Waals surface area contributed by atoms with Crippen molar-refractivity contribution >= 4 is 17.4 Å². The molecule has 0 aliphatic carbocycles. The fourth-order valence-corrected chi connectivity index (χ4v) is 3.60. The number of nitrogens with one attached hydrogen (secondary N) is 2. The first kappa shape index (κ1) is 16.1. The second-order valence-corrected chi connectivity index (χ2v) is 6.80. The molecule has 2 aromatic heterocycles. The Hall–Kier alpha value is -1.79. The highest BCUT2D eigenvalue weighted by Crippen LogP contribution is 2.24. The monoisotopic (exact) mass is 333 g/mol. The third-order valence-electron chi connectivity index (χ3n) is 4.16. The highest BCUT2D eigenvalue weighted by molar-refractivity contribution is 7.09. The molecule has 3 rings (SSSR count).